The van der Waals surface area contributed by atoms with Crippen LogP contribution in [0.3, 0.4) is 0 Å². The van der Waals surface area contributed by atoms with E-state index in [1.54, 1.807) is 0 Å². The second-order valence-corrected chi connectivity index (χ2v) is 5.62. The maximum absolute atomic E-state index is 12.9. The first-order valence-electron chi connectivity index (χ1n) is 6.24. The average Bonchev–Trinajstić information content (AvgIpc) is 2.27. The lowest BCUT2D eigenvalue weighted by molar-refractivity contribution is 0.0952. The van der Waals surface area contributed by atoms with E-state index in [2.05, 4.69) is 35.1 Å². The van der Waals surface area contributed by atoms with Crippen molar-refractivity contribution in [2.24, 2.45) is 5.92 Å². The van der Waals surface area contributed by atoms with Gasteiger partial charge >= 0.3 is 0 Å². The van der Waals surface area contributed by atoms with Crippen molar-refractivity contribution >= 4 is 21.8 Å². The zero-order valence-corrected chi connectivity index (χ0v) is 12.4. The number of nitrogens with one attached hydrogen (secondary N) is 1. The Kier molecular flexibility index (Phi) is 6.33. The van der Waals surface area contributed by atoms with Crippen LogP contribution in [0, 0.1) is 11.7 Å². The van der Waals surface area contributed by atoms with Crippen molar-refractivity contribution < 1.29 is 9.18 Å². The largest absolute Gasteiger partial charge is 0.352 e. The Bertz CT molecular complexity index is 407. The predicted octanol–water partition coefficient (Wildman–Crippen LogP) is 4.14. The summed E-state index contributed by atoms with van der Waals surface area (Å²) < 4.78 is 13.4. The van der Waals surface area contributed by atoms with Gasteiger partial charge in [-0.25, -0.2) is 4.39 Å². The molecule has 1 aromatic rings. The van der Waals surface area contributed by atoms with Crippen LogP contribution in [-0.2, 0) is 0 Å². The summed E-state index contributed by atoms with van der Waals surface area (Å²) >= 11 is 3.19. The lowest BCUT2D eigenvalue weighted by Crippen LogP contribution is -2.24. The molecule has 0 bridgehead atoms. The molecule has 2 nitrogen and oxygen atoms in total. The van der Waals surface area contributed by atoms with Gasteiger partial charge in [-0.15, -0.1) is 0 Å². The molecule has 18 heavy (non-hydrogen) atoms. The van der Waals surface area contributed by atoms with Gasteiger partial charge in [0.25, 0.3) is 5.91 Å². The third kappa shape index (κ3) is 5.17. The van der Waals surface area contributed by atoms with Crippen LogP contribution in [0.25, 0.3) is 0 Å². The van der Waals surface area contributed by atoms with Crippen LogP contribution in [0.5, 0.6) is 0 Å². The molecule has 0 heterocycles. The Hall–Kier alpha value is -0.900. The molecule has 0 unspecified atom stereocenters. The summed E-state index contributed by atoms with van der Waals surface area (Å²) in [6.45, 7) is 5.04. The number of amides is 1. The number of rotatable bonds is 6. The van der Waals surface area contributed by atoms with Gasteiger partial charge in [0.15, 0.2) is 0 Å². The highest BCUT2D eigenvalue weighted by Gasteiger charge is 2.09. The van der Waals surface area contributed by atoms with Crippen LogP contribution in [0.15, 0.2) is 22.7 Å². The number of benzene rings is 1. The molecule has 0 saturated heterocycles. The molecule has 1 amide bonds. The Labute approximate surface area is 116 Å². The standard InChI is InChI=1S/C14H19BrFNO/c1-10(2)5-3-4-8-17-14(18)12-7-6-11(16)9-13(12)15/h6-7,9-10H,3-5,8H2,1-2H3,(H,17,18). The molecule has 0 saturated carbocycles. The Morgan fingerprint density at radius 3 is 2.72 bits per heavy atom. The molecule has 4 heteroatoms. The molecule has 0 aliphatic rings. The van der Waals surface area contributed by atoms with Gasteiger partial charge in [0.1, 0.15) is 5.82 Å². The van der Waals surface area contributed by atoms with Crippen LogP contribution < -0.4 is 5.32 Å². The number of unbranched alkanes of at least 4 members (excludes halogenated alkanes) is 1. The van der Waals surface area contributed by atoms with Gasteiger partial charge in [0, 0.05) is 11.0 Å². The molecule has 0 aliphatic carbocycles. The summed E-state index contributed by atoms with van der Waals surface area (Å²) in [5, 5.41) is 2.84. The second-order valence-electron chi connectivity index (χ2n) is 4.77. The molecular formula is C14H19BrFNO. The van der Waals surface area contributed by atoms with Crippen molar-refractivity contribution in [3.8, 4) is 0 Å². The minimum atomic E-state index is -0.352. The molecule has 0 radical (unpaired) electrons. The monoisotopic (exact) mass is 315 g/mol. The topological polar surface area (TPSA) is 29.1 Å². The molecular weight excluding hydrogens is 297 g/mol. The van der Waals surface area contributed by atoms with Crippen molar-refractivity contribution in [1.82, 2.24) is 5.32 Å². The van der Waals surface area contributed by atoms with Crippen LogP contribution in [-0.4, -0.2) is 12.5 Å². The molecule has 1 rings (SSSR count). The smallest absolute Gasteiger partial charge is 0.252 e. The summed E-state index contributed by atoms with van der Waals surface area (Å²) in [7, 11) is 0. The normalized spacial score (nSPS) is 10.7. The minimum Gasteiger partial charge on any atom is -0.352 e. The quantitative estimate of drug-likeness (QED) is 0.785. The van der Waals surface area contributed by atoms with Gasteiger partial charge < -0.3 is 5.32 Å². The van der Waals surface area contributed by atoms with Gasteiger partial charge in [-0.1, -0.05) is 26.7 Å². The first-order valence-corrected chi connectivity index (χ1v) is 7.03. The van der Waals surface area contributed by atoms with Crippen molar-refractivity contribution in [3.63, 3.8) is 0 Å². The van der Waals surface area contributed by atoms with Crippen molar-refractivity contribution in [1.29, 1.82) is 0 Å². The zero-order valence-electron chi connectivity index (χ0n) is 10.8. The van der Waals surface area contributed by atoms with Gasteiger partial charge in [-0.05, 0) is 46.5 Å². The number of carbonyl (C=O) groups excluding carboxylic acids is 1. The fourth-order valence-electron chi connectivity index (χ4n) is 1.65. The number of hydrogen-bond donors (Lipinski definition) is 1. The van der Waals surface area contributed by atoms with E-state index < -0.39 is 0 Å². The number of hydrogen-bond acceptors (Lipinski definition) is 1. The minimum absolute atomic E-state index is 0.161. The van der Waals surface area contributed by atoms with Gasteiger partial charge in [-0.3, -0.25) is 4.79 Å². The molecule has 0 spiro atoms. The highest BCUT2D eigenvalue weighted by molar-refractivity contribution is 9.10. The van der Waals surface area contributed by atoms with E-state index in [-0.39, 0.29) is 11.7 Å². The maximum atomic E-state index is 12.9. The van der Waals surface area contributed by atoms with Crippen LogP contribution >= 0.6 is 15.9 Å². The first-order chi connectivity index (χ1) is 8.50. The Morgan fingerprint density at radius 1 is 1.39 bits per heavy atom. The maximum Gasteiger partial charge on any atom is 0.252 e. The average molecular weight is 316 g/mol. The molecule has 100 valence electrons. The molecule has 1 aromatic carbocycles. The van der Waals surface area contributed by atoms with E-state index in [4.69, 9.17) is 0 Å². The van der Waals surface area contributed by atoms with E-state index in [9.17, 15) is 9.18 Å². The van der Waals surface area contributed by atoms with Crippen LogP contribution in [0.4, 0.5) is 4.39 Å². The van der Waals surface area contributed by atoms with E-state index in [0.717, 1.165) is 12.8 Å². The van der Waals surface area contributed by atoms with E-state index in [1.807, 2.05) is 0 Å². The van der Waals surface area contributed by atoms with Crippen molar-refractivity contribution in [2.45, 2.75) is 33.1 Å². The van der Waals surface area contributed by atoms with Crippen LogP contribution in [0.1, 0.15) is 43.5 Å². The highest BCUT2D eigenvalue weighted by Crippen LogP contribution is 2.17. The number of halogens is 2. The molecule has 0 atom stereocenters. The lowest BCUT2D eigenvalue weighted by Gasteiger charge is -2.08. The fraction of sp³-hybridized carbons (Fsp3) is 0.500. The highest BCUT2D eigenvalue weighted by atomic mass is 79.9. The second kappa shape index (κ2) is 7.52. The van der Waals surface area contributed by atoms with Gasteiger partial charge in [-0.2, -0.15) is 0 Å². The fourth-order valence-corrected chi connectivity index (χ4v) is 2.18. The third-order valence-corrected chi connectivity index (χ3v) is 3.33. The first kappa shape index (κ1) is 15.2. The molecule has 1 N–H and O–H groups in total. The summed E-state index contributed by atoms with van der Waals surface area (Å²) in [5.74, 6) is 0.189. The van der Waals surface area contributed by atoms with Gasteiger partial charge in [0.2, 0.25) is 0 Å². The molecule has 0 aliphatic heterocycles. The third-order valence-electron chi connectivity index (χ3n) is 2.67. The summed E-state index contributed by atoms with van der Waals surface area (Å²) in [5.41, 5.74) is 0.472. The van der Waals surface area contributed by atoms with E-state index in [1.165, 1.54) is 24.6 Å². The van der Waals surface area contributed by atoms with Crippen LogP contribution in [0.2, 0.25) is 0 Å². The summed E-state index contributed by atoms with van der Waals surface area (Å²) in [6.07, 6.45) is 3.27. The van der Waals surface area contributed by atoms with E-state index >= 15 is 0 Å². The zero-order chi connectivity index (χ0) is 13.5. The van der Waals surface area contributed by atoms with E-state index in [0.29, 0.717) is 22.5 Å². The lowest BCUT2D eigenvalue weighted by atomic mass is 10.1. The predicted molar refractivity (Wildman–Crippen MR) is 75.1 cm³/mol. The number of carbonyl (C=O) groups is 1. The molecule has 0 aromatic heterocycles. The van der Waals surface area contributed by atoms with Gasteiger partial charge in [0.05, 0.1) is 5.56 Å². The SMILES string of the molecule is CC(C)CCCCNC(=O)c1ccc(F)cc1Br. The summed E-state index contributed by atoms with van der Waals surface area (Å²) in [6, 6.07) is 4.08. The Morgan fingerprint density at radius 2 is 2.11 bits per heavy atom. The Balaban J connectivity index is 2.36. The summed E-state index contributed by atoms with van der Waals surface area (Å²) in [4.78, 5) is 11.8. The van der Waals surface area contributed by atoms with Crippen molar-refractivity contribution in [2.75, 3.05) is 6.54 Å². The van der Waals surface area contributed by atoms with Crippen molar-refractivity contribution in [3.05, 3.63) is 34.1 Å². The molecule has 0 fully saturated rings.